The monoisotopic (exact) mass is 694 g/mol. The van der Waals surface area contributed by atoms with Gasteiger partial charge in [-0.15, -0.1) is 0 Å². The van der Waals surface area contributed by atoms with Crippen LogP contribution >= 0.6 is 46.3 Å². The zero-order valence-electron chi connectivity index (χ0n) is 24.2. The van der Waals surface area contributed by atoms with Crippen molar-refractivity contribution in [3.05, 3.63) is 56.5 Å². The summed E-state index contributed by atoms with van der Waals surface area (Å²) in [5.74, 6) is -0.382. The van der Waals surface area contributed by atoms with Gasteiger partial charge in [0.15, 0.2) is 6.54 Å². The lowest BCUT2D eigenvalue weighted by molar-refractivity contribution is -0.894. The Morgan fingerprint density at radius 3 is 2.19 bits per heavy atom. The maximum absolute atomic E-state index is 11.7. The number of aromatic nitrogens is 1. The highest BCUT2D eigenvalue weighted by molar-refractivity contribution is 8.04. The van der Waals surface area contributed by atoms with Crippen molar-refractivity contribution in [2.75, 3.05) is 48.8 Å². The number of aryl methyl sites for hydroxylation is 1. The van der Waals surface area contributed by atoms with E-state index in [0.717, 1.165) is 30.8 Å². The minimum Gasteiger partial charge on any atom is -0.748 e. The van der Waals surface area contributed by atoms with Crippen molar-refractivity contribution in [1.29, 1.82) is 0 Å². The topological polar surface area (TPSA) is 103 Å². The molecule has 2 aromatic carbocycles. The van der Waals surface area contributed by atoms with E-state index in [9.17, 15) is 21.4 Å². The number of benzene rings is 2. The molecule has 0 radical (unpaired) electrons. The Balaban J connectivity index is 0.000000616. The van der Waals surface area contributed by atoms with E-state index in [1.165, 1.54) is 37.7 Å². The Bertz CT molecular complexity index is 1620. The normalized spacial score (nSPS) is 14.5. The van der Waals surface area contributed by atoms with E-state index in [4.69, 9.17) is 23.2 Å². The molecule has 0 atom stereocenters. The maximum atomic E-state index is 11.7. The lowest BCUT2D eigenvalue weighted by Gasteiger charge is -2.20. The van der Waals surface area contributed by atoms with E-state index >= 15 is 0 Å². The largest absolute Gasteiger partial charge is 0.748 e. The average Bonchev–Trinajstić information content (AvgIpc) is 3.41. The molecule has 8 nitrogen and oxygen atoms in total. The second-order valence-electron chi connectivity index (χ2n) is 9.96. The Morgan fingerprint density at radius 1 is 0.952 bits per heavy atom. The zero-order chi connectivity index (χ0) is 31.1. The van der Waals surface area contributed by atoms with Crippen LogP contribution in [0.4, 0.5) is 5.69 Å². The Kier molecular flexibility index (Phi) is 13.0. The van der Waals surface area contributed by atoms with Crippen LogP contribution in [0.5, 0.6) is 0 Å². The van der Waals surface area contributed by atoms with Crippen molar-refractivity contribution in [1.82, 2.24) is 0 Å². The number of thiazole rings is 1. The van der Waals surface area contributed by atoms with Gasteiger partial charge in [-0.05, 0) is 57.5 Å². The number of halogens is 2. The van der Waals surface area contributed by atoms with E-state index < -0.39 is 25.7 Å². The Hall–Kier alpha value is -1.38. The Labute approximate surface area is 268 Å². The van der Waals surface area contributed by atoms with Gasteiger partial charge in [0, 0.05) is 46.0 Å². The fourth-order valence-electron chi connectivity index (χ4n) is 4.56. The molecule has 0 bridgehead atoms. The minimum atomic E-state index is -4.32. The zero-order valence-corrected chi connectivity index (χ0v) is 29.0. The molecule has 0 fully saturated rings. The van der Waals surface area contributed by atoms with Crippen LogP contribution < -0.4 is 14.4 Å². The summed E-state index contributed by atoms with van der Waals surface area (Å²) >= 11 is 15.6. The van der Waals surface area contributed by atoms with Gasteiger partial charge in [-0.25, -0.2) is 16.8 Å². The molecule has 232 valence electrons. The molecular formula is C28H38Cl2N3O5S4+. The van der Waals surface area contributed by atoms with Crippen molar-refractivity contribution in [3.63, 3.8) is 0 Å². The summed E-state index contributed by atoms with van der Waals surface area (Å²) in [5, 5.41) is 2.90. The van der Waals surface area contributed by atoms with E-state index in [2.05, 4.69) is 25.3 Å². The third-order valence-corrected chi connectivity index (χ3v) is 11.3. The number of nitrogens with zero attached hydrogens (tertiary/aromatic N) is 2. The second kappa shape index (κ2) is 15.6. The first-order valence-corrected chi connectivity index (χ1v) is 19.8. The number of anilines is 1. The summed E-state index contributed by atoms with van der Waals surface area (Å²) < 4.78 is 59.9. The molecule has 0 unspecified atom stereocenters. The number of hydrogen-bond acceptors (Lipinski definition) is 8. The predicted octanol–water partition coefficient (Wildman–Crippen LogP) is 4.71. The van der Waals surface area contributed by atoms with Gasteiger partial charge in [0.2, 0.25) is 5.52 Å². The third-order valence-electron chi connectivity index (χ3n) is 6.80. The molecule has 0 saturated carbocycles. The van der Waals surface area contributed by atoms with E-state index in [0.29, 0.717) is 29.6 Å². The summed E-state index contributed by atoms with van der Waals surface area (Å²) in [4.78, 5) is 4.62. The van der Waals surface area contributed by atoms with Gasteiger partial charge >= 0.3 is 0 Å². The standard InChI is InChI=1S/C22H22Cl2N2O5S4.C6H15N/c1-34(27,28)10-2-8-25-17-12-15(23)4-6-19(17)32-21(25)14-22-26(9-3-11-35(29,30)31)18-13-16(24)5-7-20(18)33-22;1-4-7(5-2)6-3/h4-7,12-14H,2-3,8-11H2,1H3;4-6H2,1-3H3/p+1. The third kappa shape index (κ3) is 10.4. The first-order valence-electron chi connectivity index (χ1n) is 13.8. The van der Waals surface area contributed by atoms with Crippen LogP contribution in [-0.4, -0.2) is 65.3 Å². The first kappa shape index (κ1) is 35.1. The number of hydrogen-bond donors (Lipinski definition) is 1. The first-order chi connectivity index (χ1) is 19.7. The van der Waals surface area contributed by atoms with Crippen LogP contribution in [0.25, 0.3) is 16.3 Å². The van der Waals surface area contributed by atoms with Gasteiger partial charge in [0.05, 0.1) is 52.3 Å². The van der Waals surface area contributed by atoms with Crippen molar-refractivity contribution >= 4 is 88.2 Å². The molecule has 42 heavy (non-hydrogen) atoms. The summed E-state index contributed by atoms with van der Waals surface area (Å²) in [6, 6.07) is 11.1. The predicted molar refractivity (Wildman–Crippen MR) is 176 cm³/mol. The maximum Gasteiger partial charge on any atom is 0.265 e. The van der Waals surface area contributed by atoms with E-state index in [-0.39, 0.29) is 12.2 Å². The number of quaternary nitrogens is 1. The molecule has 1 N–H and O–H groups in total. The van der Waals surface area contributed by atoms with Gasteiger partial charge in [0.25, 0.3) is 5.01 Å². The summed E-state index contributed by atoms with van der Waals surface area (Å²) in [6.45, 7) is 11.3. The lowest BCUT2D eigenvalue weighted by Crippen LogP contribution is -3.11. The average molecular weight is 696 g/mol. The lowest BCUT2D eigenvalue weighted by atomic mass is 10.2. The van der Waals surface area contributed by atoms with Crippen molar-refractivity contribution in [2.24, 2.45) is 0 Å². The second-order valence-corrected chi connectivity index (χ2v) is 16.7. The fourth-order valence-corrected chi connectivity index (χ4v) is 8.32. The summed E-state index contributed by atoms with van der Waals surface area (Å²) in [6.07, 6.45) is 3.85. The molecule has 0 aliphatic carbocycles. The number of thioether (sulfide) groups is 1. The molecule has 14 heteroatoms. The molecule has 1 aliphatic heterocycles. The molecule has 1 aromatic heterocycles. The van der Waals surface area contributed by atoms with Crippen molar-refractivity contribution in [2.45, 2.75) is 45.1 Å². The quantitative estimate of drug-likeness (QED) is 0.217. The van der Waals surface area contributed by atoms with Crippen LogP contribution in [0, 0.1) is 0 Å². The molecule has 3 aromatic rings. The van der Waals surface area contributed by atoms with Crippen molar-refractivity contribution in [3.8, 4) is 0 Å². The molecule has 1 aliphatic rings. The fraction of sp³-hybridized carbons (Fsp3) is 0.464. The smallest absolute Gasteiger partial charge is 0.265 e. The van der Waals surface area contributed by atoms with Crippen LogP contribution in [-0.2, 0) is 26.5 Å². The van der Waals surface area contributed by atoms with Gasteiger partial charge < -0.3 is 14.4 Å². The molecule has 0 amide bonds. The minimum absolute atomic E-state index is 0.0718. The van der Waals surface area contributed by atoms with Gasteiger partial charge in [0.1, 0.15) is 14.5 Å². The highest BCUT2D eigenvalue weighted by Gasteiger charge is 2.28. The van der Waals surface area contributed by atoms with Crippen molar-refractivity contribution < 1.29 is 30.9 Å². The number of nitrogens with one attached hydrogen (secondary N) is 1. The number of rotatable bonds is 12. The Morgan fingerprint density at radius 2 is 1.60 bits per heavy atom. The van der Waals surface area contributed by atoms with E-state index in [1.807, 2.05) is 41.3 Å². The number of fused-ring (bicyclic) bond motifs is 2. The van der Waals surface area contributed by atoms with Gasteiger partial charge in [-0.2, -0.15) is 4.57 Å². The van der Waals surface area contributed by atoms with E-state index in [1.54, 1.807) is 22.3 Å². The molecule has 0 spiro atoms. The molecule has 4 rings (SSSR count). The van der Waals surface area contributed by atoms with Crippen LogP contribution in [0.2, 0.25) is 10.0 Å². The molecule has 0 saturated heterocycles. The van der Waals surface area contributed by atoms with Crippen LogP contribution in [0.3, 0.4) is 0 Å². The SMILES string of the molecule is CC[NH+](CC)CC.CS(=O)(=O)CCC[n+]1c(/C=C2\Sc3ccc(Cl)cc3N2CCCS(=O)(=O)[O-])sc2ccc(Cl)cc21. The van der Waals surface area contributed by atoms with Crippen LogP contribution in [0.1, 0.15) is 38.6 Å². The number of sulfone groups is 1. The molecular weight excluding hydrogens is 657 g/mol. The van der Waals surface area contributed by atoms with Gasteiger partial charge in [-0.3, -0.25) is 0 Å². The highest BCUT2D eigenvalue weighted by Crippen LogP contribution is 2.48. The van der Waals surface area contributed by atoms with Gasteiger partial charge in [-0.1, -0.05) is 46.3 Å². The summed E-state index contributed by atoms with van der Waals surface area (Å²) in [7, 11) is -7.42. The molecule has 2 heterocycles. The highest BCUT2D eigenvalue weighted by atomic mass is 35.5. The summed E-state index contributed by atoms with van der Waals surface area (Å²) in [5.41, 5.74) is 1.76. The van der Waals surface area contributed by atoms with Crippen LogP contribution in [0.15, 0.2) is 46.3 Å².